The smallest absolute Gasteiger partial charge is 0.322 e. The molecule has 1 aromatic heterocycles. The lowest BCUT2D eigenvalue weighted by Gasteiger charge is -2.30. The minimum absolute atomic E-state index is 0.0780. The Hall–Kier alpha value is -3.29. The van der Waals surface area contributed by atoms with Crippen LogP contribution >= 0.6 is 0 Å². The fraction of sp³-hybridized carbons (Fsp3) is 0.176. The number of carbonyl (C=O) groups is 3. The summed E-state index contributed by atoms with van der Waals surface area (Å²) in [6, 6.07) is 6.69. The lowest BCUT2D eigenvalue weighted by molar-refractivity contribution is -0.124. The highest BCUT2D eigenvalue weighted by atomic mass is 19.1. The minimum atomic E-state index is -1.43. The first-order valence-corrected chi connectivity index (χ1v) is 7.61. The second-order valence-corrected chi connectivity index (χ2v) is 6.02. The number of carbonyl (C=O) groups excluding carboxylic acids is 3. The van der Waals surface area contributed by atoms with Crippen LogP contribution in [0, 0.1) is 5.82 Å². The Kier molecular flexibility index (Phi) is 3.28. The largest absolute Gasteiger partial charge is 0.331 e. The highest BCUT2D eigenvalue weighted by molar-refractivity contribution is 6.08. The molecule has 7 nitrogen and oxygen atoms in total. The molecule has 0 radical (unpaired) electrons. The third-order valence-corrected chi connectivity index (χ3v) is 4.47. The van der Waals surface area contributed by atoms with Gasteiger partial charge in [-0.05, 0) is 23.8 Å². The van der Waals surface area contributed by atoms with Gasteiger partial charge in [-0.3, -0.25) is 19.9 Å². The molecule has 1 fully saturated rings. The third kappa shape index (κ3) is 2.34. The van der Waals surface area contributed by atoms with Crippen molar-refractivity contribution >= 4 is 17.8 Å². The monoisotopic (exact) mass is 340 g/mol. The number of aromatic nitrogens is 1. The summed E-state index contributed by atoms with van der Waals surface area (Å²) in [6.07, 6.45) is 3.02. The predicted octanol–water partition coefficient (Wildman–Crippen LogP) is 0.911. The van der Waals surface area contributed by atoms with Gasteiger partial charge in [0.05, 0.1) is 6.54 Å². The molecule has 0 spiro atoms. The van der Waals surface area contributed by atoms with Crippen molar-refractivity contribution < 1.29 is 18.8 Å². The minimum Gasteiger partial charge on any atom is -0.331 e. The number of urea groups is 1. The molecule has 4 amide bonds. The van der Waals surface area contributed by atoms with Crippen molar-refractivity contribution in [2.45, 2.75) is 12.1 Å². The van der Waals surface area contributed by atoms with Crippen LogP contribution in [0.15, 0.2) is 42.7 Å². The molecule has 2 aliphatic rings. The molecule has 1 atom stereocenters. The summed E-state index contributed by atoms with van der Waals surface area (Å²) in [7, 11) is 0. The molecule has 2 aromatic rings. The standard InChI is InChI=1S/C17H13FN4O3/c18-12-4-3-10-8-22(14(23)13(10)6-12)9-17(11-2-1-5-19-7-11)15(24)20-16(25)21-17/h1-7H,8-9H2,(H2,20,21,24,25). The van der Waals surface area contributed by atoms with Crippen molar-refractivity contribution in [3.05, 3.63) is 65.2 Å². The number of amides is 4. The van der Waals surface area contributed by atoms with E-state index < -0.39 is 23.3 Å². The summed E-state index contributed by atoms with van der Waals surface area (Å²) in [5, 5.41) is 4.82. The first kappa shape index (κ1) is 15.3. The van der Waals surface area contributed by atoms with E-state index in [1.807, 2.05) is 0 Å². The van der Waals surface area contributed by atoms with Gasteiger partial charge < -0.3 is 10.2 Å². The van der Waals surface area contributed by atoms with Crippen LogP contribution in [0.3, 0.4) is 0 Å². The van der Waals surface area contributed by atoms with Gasteiger partial charge in [0.15, 0.2) is 5.54 Å². The number of benzene rings is 1. The van der Waals surface area contributed by atoms with E-state index in [1.54, 1.807) is 24.4 Å². The van der Waals surface area contributed by atoms with Crippen LogP contribution in [0.25, 0.3) is 0 Å². The van der Waals surface area contributed by atoms with Crippen LogP contribution in [-0.2, 0) is 16.9 Å². The van der Waals surface area contributed by atoms with E-state index in [2.05, 4.69) is 15.6 Å². The molecule has 25 heavy (non-hydrogen) atoms. The number of pyridine rings is 1. The summed E-state index contributed by atoms with van der Waals surface area (Å²) in [5.41, 5.74) is -0.0153. The number of fused-ring (bicyclic) bond motifs is 1. The SMILES string of the molecule is O=C1NC(=O)C(CN2Cc3ccc(F)cc3C2=O)(c2cccnc2)N1. The number of hydrogen-bond acceptors (Lipinski definition) is 4. The summed E-state index contributed by atoms with van der Waals surface area (Å²) in [5.74, 6) is -1.44. The molecule has 126 valence electrons. The van der Waals surface area contributed by atoms with E-state index in [4.69, 9.17) is 0 Å². The van der Waals surface area contributed by atoms with Crippen molar-refractivity contribution in [1.29, 1.82) is 0 Å². The van der Waals surface area contributed by atoms with E-state index >= 15 is 0 Å². The molecule has 3 heterocycles. The van der Waals surface area contributed by atoms with Crippen LogP contribution in [0.1, 0.15) is 21.5 Å². The molecule has 2 aliphatic heterocycles. The van der Waals surface area contributed by atoms with Crippen molar-refractivity contribution in [3.63, 3.8) is 0 Å². The summed E-state index contributed by atoms with van der Waals surface area (Å²) >= 11 is 0. The van der Waals surface area contributed by atoms with Gasteiger partial charge in [0.1, 0.15) is 5.82 Å². The van der Waals surface area contributed by atoms with E-state index in [9.17, 15) is 18.8 Å². The van der Waals surface area contributed by atoms with Gasteiger partial charge in [-0.15, -0.1) is 0 Å². The van der Waals surface area contributed by atoms with Gasteiger partial charge >= 0.3 is 6.03 Å². The molecule has 1 aromatic carbocycles. The van der Waals surface area contributed by atoms with Crippen LogP contribution in [0.4, 0.5) is 9.18 Å². The van der Waals surface area contributed by atoms with Crippen LogP contribution in [0.5, 0.6) is 0 Å². The number of halogens is 1. The summed E-state index contributed by atoms with van der Waals surface area (Å²) < 4.78 is 13.4. The van der Waals surface area contributed by atoms with Gasteiger partial charge in [-0.25, -0.2) is 9.18 Å². The first-order chi connectivity index (χ1) is 12.0. The lowest BCUT2D eigenvalue weighted by Crippen LogP contribution is -2.52. The van der Waals surface area contributed by atoms with Crippen LogP contribution in [0.2, 0.25) is 0 Å². The van der Waals surface area contributed by atoms with Crippen molar-refractivity contribution in [1.82, 2.24) is 20.5 Å². The van der Waals surface area contributed by atoms with E-state index in [1.165, 1.54) is 23.2 Å². The Bertz CT molecular complexity index is 902. The fourth-order valence-electron chi connectivity index (χ4n) is 3.26. The van der Waals surface area contributed by atoms with Gasteiger partial charge in [-0.1, -0.05) is 12.1 Å². The zero-order valence-corrected chi connectivity index (χ0v) is 13.0. The molecule has 4 rings (SSSR count). The quantitative estimate of drug-likeness (QED) is 0.813. The number of imide groups is 1. The Labute approximate surface area is 141 Å². The lowest BCUT2D eigenvalue weighted by atomic mass is 9.90. The Morgan fingerprint density at radius 2 is 2.08 bits per heavy atom. The fourth-order valence-corrected chi connectivity index (χ4v) is 3.26. The van der Waals surface area contributed by atoms with Crippen molar-refractivity contribution in [3.8, 4) is 0 Å². The topological polar surface area (TPSA) is 91.4 Å². The number of rotatable bonds is 3. The molecule has 0 aliphatic carbocycles. The van der Waals surface area contributed by atoms with E-state index in [0.717, 1.165) is 0 Å². The normalized spacial score (nSPS) is 22.0. The summed E-state index contributed by atoms with van der Waals surface area (Å²) in [4.78, 5) is 42.3. The van der Waals surface area contributed by atoms with Gasteiger partial charge in [0.25, 0.3) is 11.8 Å². The number of nitrogens with zero attached hydrogens (tertiary/aromatic N) is 2. The molecule has 1 saturated heterocycles. The zero-order chi connectivity index (χ0) is 17.6. The maximum atomic E-state index is 13.4. The highest BCUT2D eigenvalue weighted by Crippen LogP contribution is 2.30. The van der Waals surface area contributed by atoms with Gasteiger partial charge in [-0.2, -0.15) is 0 Å². The number of nitrogens with one attached hydrogen (secondary N) is 2. The highest BCUT2D eigenvalue weighted by Gasteiger charge is 2.50. The van der Waals surface area contributed by atoms with Gasteiger partial charge in [0, 0.05) is 30.1 Å². The average molecular weight is 340 g/mol. The Balaban J connectivity index is 1.71. The Morgan fingerprint density at radius 1 is 1.24 bits per heavy atom. The molecule has 8 heteroatoms. The molecule has 0 saturated carbocycles. The Morgan fingerprint density at radius 3 is 2.76 bits per heavy atom. The van der Waals surface area contributed by atoms with E-state index in [-0.39, 0.29) is 24.6 Å². The second kappa shape index (κ2) is 5.37. The first-order valence-electron chi connectivity index (χ1n) is 7.61. The van der Waals surface area contributed by atoms with Crippen LogP contribution in [-0.4, -0.2) is 34.3 Å². The predicted molar refractivity (Wildman–Crippen MR) is 83.7 cm³/mol. The molecular weight excluding hydrogens is 327 g/mol. The maximum absolute atomic E-state index is 13.4. The van der Waals surface area contributed by atoms with Gasteiger partial charge in [0.2, 0.25) is 0 Å². The van der Waals surface area contributed by atoms with Crippen molar-refractivity contribution in [2.75, 3.05) is 6.54 Å². The second-order valence-electron chi connectivity index (χ2n) is 6.02. The van der Waals surface area contributed by atoms with Crippen molar-refractivity contribution in [2.24, 2.45) is 0 Å². The maximum Gasteiger partial charge on any atom is 0.322 e. The molecule has 0 bridgehead atoms. The molecule has 2 N–H and O–H groups in total. The summed E-state index contributed by atoms with van der Waals surface area (Å²) in [6.45, 7) is 0.158. The molecular formula is C17H13FN4O3. The van der Waals surface area contributed by atoms with Crippen LogP contribution < -0.4 is 10.6 Å². The number of hydrogen-bond donors (Lipinski definition) is 2. The molecule has 1 unspecified atom stereocenters. The van der Waals surface area contributed by atoms with E-state index in [0.29, 0.717) is 11.1 Å². The average Bonchev–Trinajstić information content (AvgIpc) is 3.06. The third-order valence-electron chi connectivity index (χ3n) is 4.47. The zero-order valence-electron chi connectivity index (χ0n) is 13.0.